The zero-order chi connectivity index (χ0) is 16.7. The first-order valence-corrected chi connectivity index (χ1v) is 7.69. The highest BCUT2D eigenvalue weighted by Crippen LogP contribution is 2.15. The van der Waals surface area contributed by atoms with Crippen molar-refractivity contribution in [2.75, 3.05) is 27.7 Å². The first-order chi connectivity index (χ1) is 11.1. The second kappa shape index (κ2) is 8.30. The third-order valence-corrected chi connectivity index (χ3v) is 3.65. The third kappa shape index (κ3) is 5.08. The molecular weight excluding hydrogens is 286 g/mol. The first kappa shape index (κ1) is 17.0. The van der Waals surface area contributed by atoms with Crippen molar-refractivity contribution in [1.29, 1.82) is 0 Å². The standard InChI is InChI=1S/C20H23NO2/c1-21(2)15-14-17-6-4-5-7-19(17)20(22)13-10-16-8-11-18(23-3)12-9-16/h4-13H,14-15H2,1-3H3/b13-10+. The van der Waals surface area contributed by atoms with E-state index in [0.29, 0.717) is 0 Å². The van der Waals surface area contributed by atoms with Gasteiger partial charge in [0.1, 0.15) is 5.75 Å². The second-order valence-corrected chi connectivity index (χ2v) is 5.68. The molecule has 3 heteroatoms. The van der Waals surface area contributed by atoms with Crippen LogP contribution in [0.15, 0.2) is 54.6 Å². The fraction of sp³-hybridized carbons (Fsp3) is 0.250. The van der Waals surface area contributed by atoms with E-state index in [2.05, 4.69) is 4.90 Å². The number of hydrogen-bond acceptors (Lipinski definition) is 3. The Balaban J connectivity index is 2.11. The molecule has 0 bridgehead atoms. The largest absolute Gasteiger partial charge is 0.497 e. The van der Waals surface area contributed by atoms with Crippen LogP contribution >= 0.6 is 0 Å². The molecule has 23 heavy (non-hydrogen) atoms. The normalized spacial score (nSPS) is 11.1. The summed E-state index contributed by atoms with van der Waals surface area (Å²) in [4.78, 5) is 14.6. The Morgan fingerprint density at radius 3 is 2.43 bits per heavy atom. The van der Waals surface area contributed by atoms with Gasteiger partial charge in [-0.3, -0.25) is 4.79 Å². The Labute approximate surface area is 138 Å². The van der Waals surface area contributed by atoms with Crippen molar-refractivity contribution in [1.82, 2.24) is 4.90 Å². The maximum absolute atomic E-state index is 12.5. The highest BCUT2D eigenvalue weighted by molar-refractivity contribution is 6.07. The van der Waals surface area contributed by atoms with E-state index in [0.717, 1.165) is 35.4 Å². The summed E-state index contributed by atoms with van der Waals surface area (Å²) in [5, 5.41) is 0. The first-order valence-electron chi connectivity index (χ1n) is 7.69. The van der Waals surface area contributed by atoms with Crippen LogP contribution in [0.5, 0.6) is 5.75 Å². The highest BCUT2D eigenvalue weighted by atomic mass is 16.5. The molecule has 120 valence electrons. The van der Waals surface area contributed by atoms with Crippen LogP contribution in [-0.2, 0) is 6.42 Å². The van der Waals surface area contributed by atoms with Gasteiger partial charge in [0.05, 0.1) is 7.11 Å². The van der Waals surface area contributed by atoms with Crippen LogP contribution in [0.1, 0.15) is 21.5 Å². The van der Waals surface area contributed by atoms with Gasteiger partial charge in [-0.15, -0.1) is 0 Å². The molecule has 0 unspecified atom stereocenters. The molecule has 3 nitrogen and oxygen atoms in total. The van der Waals surface area contributed by atoms with Crippen LogP contribution in [0.2, 0.25) is 0 Å². The van der Waals surface area contributed by atoms with E-state index in [-0.39, 0.29) is 5.78 Å². The minimum Gasteiger partial charge on any atom is -0.497 e. The van der Waals surface area contributed by atoms with Crippen LogP contribution in [0.25, 0.3) is 6.08 Å². The summed E-state index contributed by atoms with van der Waals surface area (Å²) >= 11 is 0. The molecule has 0 aliphatic rings. The second-order valence-electron chi connectivity index (χ2n) is 5.68. The maximum Gasteiger partial charge on any atom is 0.186 e. The summed E-state index contributed by atoms with van der Waals surface area (Å²) in [6.07, 6.45) is 4.34. The Morgan fingerprint density at radius 2 is 1.78 bits per heavy atom. The molecule has 0 aliphatic carbocycles. The van der Waals surface area contributed by atoms with Gasteiger partial charge in [-0.1, -0.05) is 42.5 Å². The Bertz CT molecular complexity index is 672. The Kier molecular flexibility index (Phi) is 6.12. The van der Waals surface area contributed by atoms with Gasteiger partial charge in [-0.2, -0.15) is 0 Å². The van der Waals surface area contributed by atoms with Crippen LogP contribution in [0.3, 0.4) is 0 Å². The number of rotatable bonds is 7. The van der Waals surface area contributed by atoms with E-state index in [1.165, 1.54) is 0 Å². The molecule has 0 saturated carbocycles. The summed E-state index contributed by atoms with van der Waals surface area (Å²) in [5.74, 6) is 0.845. The predicted octanol–water partition coefficient (Wildman–Crippen LogP) is 3.70. The van der Waals surface area contributed by atoms with Crippen molar-refractivity contribution in [3.63, 3.8) is 0 Å². The minimum absolute atomic E-state index is 0.0372. The van der Waals surface area contributed by atoms with Gasteiger partial charge in [0, 0.05) is 12.1 Å². The summed E-state index contributed by atoms with van der Waals surface area (Å²) in [6.45, 7) is 0.923. The lowest BCUT2D eigenvalue weighted by Crippen LogP contribution is -2.16. The van der Waals surface area contributed by atoms with E-state index in [9.17, 15) is 4.79 Å². The summed E-state index contributed by atoms with van der Waals surface area (Å²) < 4.78 is 5.13. The number of benzene rings is 2. The average Bonchev–Trinajstić information content (AvgIpc) is 2.58. The maximum atomic E-state index is 12.5. The van der Waals surface area contributed by atoms with Crippen molar-refractivity contribution < 1.29 is 9.53 Å². The summed E-state index contributed by atoms with van der Waals surface area (Å²) in [6, 6.07) is 15.4. The molecule has 2 aromatic rings. The molecule has 0 fully saturated rings. The molecule has 0 atom stereocenters. The van der Waals surface area contributed by atoms with Crippen molar-refractivity contribution >= 4 is 11.9 Å². The quantitative estimate of drug-likeness (QED) is 0.577. The van der Waals surface area contributed by atoms with E-state index in [1.807, 2.05) is 68.7 Å². The van der Waals surface area contributed by atoms with E-state index >= 15 is 0 Å². The molecule has 0 saturated heterocycles. The molecule has 0 aromatic heterocycles. The number of ether oxygens (including phenoxy) is 1. The van der Waals surface area contributed by atoms with Gasteiger partial charge in [-0.25, -0.2) is 0 Å². The molecule has 0 spiro atoms. The van der Waals surface area contributed by atoms with Crippen LogP contribution in [0.4, 0.5) is 0 Å². The van der Waals surface area contributed by atoms with Gasteiger partial charge in [0.15, 0.2) is 5.78 Å². The molecule has 0 radical (unpaired) electrons. The average molecular weight is 309 g/mol. The number of carbonyl (C=O) groups is 1. The monoisotopic (exact) mass is 309 g/mol. The minimum atomic E-state index is 0.0372. The lowest BCUT2D eigenvalue weighted by atomic mass is 10.00. The van der Waals surface area contributed by atoms with Gasteiger partial charge in [0.25, 0.3) is 0 Å². The topological polar surface area (TPSA) is 29.5 Å². The van der Waals surface area contributed by atoms with Crippen LogP contribution < -0.4 is 4.74 Å². The van der Waals surface area contributed by atoms with Crippen molar-refractivity contribution in [3.05, 3.63) is 71.3 Å². The van der Waals surface area contributed by atoms with Crippen LogP contribution in [0, 0.1) is 0 Å². The highest BCUT2D eigenvalue weighted by Gasteiger charge is 2.08. The van der Waals surface area contributed by atoms with Crippen LogP contribution in [-0.4, -0.2) is 38.4 Å². The van der Waals surface area contributed by atoms with Crippen molar-refractivity contribution in [3.8, 4) is 5.75 Å². The van der Waals surface area contributed by atoms with Crippen molar-refractivity contribution in [2.24, 2.45) is 0 Å². The van der Waals surface area contributed by atoms with E-state index in [1.54, 1.807) is 13.2 Å². The lowest BCUT2D eigenvalue weighted by molar-refractivity contribution is 0.104. The fourth-order valence-electron chi connectivity index (χ4n) is 2.30. The fourth-order valence-corrected chi connectivity index (χ4v) is 2.30. The molecule has 0 heterocycles. The third-order valence-electron chi connectivity index (χ3n) is 3.65. The van der Waals surface area contributed by atoms with E-state index in [4.69, 9.17) is 4.74 Å². The number of carbonyl (C=O) groups excluding carboxylic acids is 1. The number of hydrogen-bond donors (Lipinski definition) is 0. The lowest BCUT2D eigenvalue weighted by Gasteiger charge is -2.11. The number of allylic oxidation sites excluding steroid dienone is 1. The zero-order valence-corrected chi connectivity index (χ0v) is 14.0. The van der Waals surface area contributed by atoms with Gasteiger partial charge in [-0.05, 0) is 49.9 Å². The smallest absolute Gasteiger partial charge is 0.186 e. The predicted molar refractivity (Wildman–Crippen MR) is 95.1 cm³/mol. The molecule has 0 N–H and O–H groups in total. The zero-order valence-electron chi connectivity index (χ0n) is 14.0. The van der Waals surface area contributed by atoms with Gasteiger partial charge >= 0.3 is 0 Å². The van der Waals surface area contributed by atoms with Gasteiger partial charge < -0.3 is 9.64 Å². The number of nitrogens with zero attached hydrogens (tertiary/aromatic N) is 1. The number of ketones is 1. The molecule has 0 aliphatic heterocycles. The Hall–Kier alpha value is -2.39. The molecular formula is C20H23NO2. The molecule has 2 rings (SSSR count). The summed E-state index contributed by atoms with van der Waals surface area (Å²) in [7, 11) is 5.71. The van der Waals surface area contributed by atoms with E-state index < -0.39 is 0 Å². The van der Waals surface area contributed by atoms with Gasteiger partial charge in [0.2, 0.25) is 0 Å². The molecule has 2 aromatic carbocycles. The summed E-state index contributed by atoms with van der Waals surface area (Å²) in [5.41, 5.74) is 2.84. The number of methoxy groups -OCH3 is 1. The number of likely N-dealkylation sites (N-methyl/N-ethyl adjacent to an activating group) is 1. The molecule has 0 amide bonds. The SMILES string of the molecule is COc1ccc(/C=C/C(=O)c2ccccc2CCN(C)C)cc1. The van der Waals surface area contributed by atoms with Crippen molar-refractivity contribution in [2.45, 2.75) is 6.42 Å². The Morgan fingerprint density at radius 1 is 1.09 bits per heavy atom.